The molecule has 0 aromatic carbocycles. The predicted octanol–water partition coefficient (Wildman–Crippen LogP) is 3.12. The number of hydrogen-bond donors (Lipinski definition) is 1. The van der Waals surface area contributed by atoms with Crippen LogP contribution in [0.3, 0.4) is 0 Å². The van der Waals surface area contributed by atoms with Gasteiger partial charge >= 0.3 is 5.97 Å². The standard InChI is InChI=1S/C17H22N2O4/c1-4-12(10-15(21)22)9-13(20)16-11(3)18-17-14(23-5-2)7-6-8-19(16)17/h6-8,12H,4-5,9-10H2,1-3H3,(H,21,22)/t12-/m0/s1. The van der Waals surface area contributed by atoms with Crippen molar-refractivity contribution in [1.82, 2.24) is 9.38 Å². The van der Waals surface area contributed by atoms with Gasteiger partial charge < -0.3 is 9.84 Å². The predicted molar refractivity (Wildman–Crippen MR) is 86.1 cm³/mol. The molecule has 2 aromatic heterocycles. The molecular formula is C17H22N2O4. The zero-order valence-corrected chi connectivity index (χ0v) is 13.7. The lowest BCUT2D eigenvalue weighted by Gasteiger charge is -2.11. The number of ketones is 1. The van der Waals surface area contributed by atoms with E-state index in [1.807, 2.05) is 26.0 Å². The average molecular weight is 318 g/mol. The summed E-state index contributed by atoms with van der Waals surface area (Å²) in [7, 11) is 0. The lowest BCUT2D eigenvalue weighted by atomic mass is 9.94. The second-order valence-corrected chi connectivity index (χ2v) is 5.54. The smallest absolute Gasteiger partial charge is 0.303 e. The van der Waals surface area contributed by atoms with Crippen LogP contribution in [-0.4, -0.2) is 32.9 Å². The number of imidazole rings is 1. The molecule has 0 aliphatic carbocycles. The highest BCUT2D eigenvalue weighted by molar-refractivity contribution is 5.97. The van der Waals surface area contributed by atoms with Crippen molar-refractivity contribution in [3.8, 4) is 5.75 Å². The van der Waals surface area contributed by atoms with Gasteiger partial charge in [-0.15, -0.1) is 0 Å². The summed E-state index contributed by atoms with van der Waals surface area (Å²) in [5.74, 6) is -0.496. The first-order chi connectivity index (χ1) is 11.0. The van der Waals surface area contributed by atoms with E-state index in [1.165, 1.54) is 0 Å². The number of carboxylic acids is 1. The first kappa shape index (κ1) is 17.0. The Morgan fingerprint density at radius 1 is 1.35 bits per heavy atom. The van der Waals surface area contributed by atoms with Gasteiger partial charge in [-0.05, 0) is 31.9 Å². The van der Waals surface area contributed by atoms with Crippen molar-refractivity contribution < 1.29 is 19.4 Å². The van der Waals surface area contributed by atoms with E-state index >= 15 is 0 Å². The molecule has 1 N–H and O–H groups in total. The molecule has 2 heterocycles. The SMILES string of the molecule is CCOc1cccn2c(C(=O)C[C@H](CC)CC(=O)O)c(C)nc12. The minimum atomic E-state index is -0.877. The van der Waals surface area contributed by atoms with E-state index in [4.69, 9.17) is 9.84 Å². The van der Waals surface area contributed by atoms with E-state index in [-0.39, 0.29) is 24.5 Å². The summed E-state index contributed by atoms with van der Waals surface area (Å²) in [6.07, 6.45) is 2.64. The first-order valence-corrected chi connectivity index (χ1v) is 7.83. The molecule has 0 aliphatic rings. The van der Waals surface area contributed by atoms with Gasteiger partial charge in [-0.25, -0.2) is 4.98 Å². The maximum absolute atomic E-state index is 12.7. The maximum atomic E-state index is 12.7. The molecule has 1 atom stereocenters. The minimum absolute atomic E-state index is 0.00220. The Bertz CT molecular complexity index is 721. The largest absolute Gasteiger partial charge is 0.490 e. The zero-order chi connectivity index (χ0) is 17.0. The monoisotopic (exact) mass is 318 g/mol. The van der Waals surface area contributed by atoms with Gasteiger partial charge in [-0.1, -0.05) is 13.3 Å². The number of rotatable bonds is 8. The molecule has 124 valence electrons. The maximum Gasteiger partial charge on any atom is 0.303 e. The van der Waals surface area contributed by atoms with Crippen LogP contribution in [0, 0.1) is 12.8 Å². The van der Waals surface area contributed by atoms with E-state index in [9.17, 15) is 9.59 Å². The number of carboxylic acid groups (broad SMARTS) is 1. The van der Waals surface area contributed by atoms with Crippen molar-refractivity contribution >= 4 is 17.4 Å². The van der Waals surface area contributed by atoms with Gasteiger partial charge in [0.15, 0.2) is 17.2 Å². The number of fused-ring (bicyclic) bond motifs is 1. The number of Topliss-reactive ketones (excluding diaryl/α,β-unsaturated/α-hetero) is 1. The van der Waals surface area contributed by atoms with Crippen LogP contribution < -0.4 is 4.74 Å². The number of aryl methyl sites for hydroxylation is 1. The summed E-state index contributed by atoms with van der Waals surface area (Å²) < 4.78 is 7.28. The van der Waals surface area contributed by atoms with Gasteiger partial charge in [0.25, 0.3) is 0 Å². The zero-order valence-electron chi connectivity index (χ0n) is 13.7. The Morgan fingerprint density at radius 2 is 2.09 bits per heavy atom. The van der Waals surface area contributed by atoms with Crippen molar-refractivity contribution in [2.75, 3.05) is 6.61 Å². The number of carbonyl (C=O) groups is 2. The molecule has 0 radical (unpaired) electrons. The van der Waals surface area contributed by atoms with Crippen LogP contribution >= 0.6 is 0 Å². The highest BCUT2D eigenvalue weighted by Crippen LogP contribution is 2.24. The van der Waals surface area contributed by atoms with Crippen LogP contribution in [0.15, 0.2) is 18.3 Å². The molecule has 0 amide bonds. The quantitative estimate of drug-likeness (QED) is 0.756. The van der Waals surface area contributed by atoms with E-state index < -0.39 is 5.97 Å². The molecule has 6 nitrogen and oxygen atoms in total. The molecule has 23 heavy (non-hydrogen) atoms. The third kappa shape index (κ3) is 3.70. The average Bonchev–Trinajstić information content (AvgIpc) is 2.83. The molecule has 0 unspecified atom stereocenters. The van der Waals surface area contributed by atoms with Crippen LogP contribution in [0.5, 0.6) is 5.75 Å². The molecule has 0 fully saturated rings. The van der Waals surface area contributed by atoms with Gasteiger partial charge in [0, 0.05) is 19.0 Å². The molecular weight excluding hydrogens is 296 g/mol. The van der Waals surface area contributed by atoms with Crippen molar-refractivity contribution in [3.63, 3.8) is 0 Å². The number of pyridine rings is 1. The van der Waals surface area contributed by atoms with Crippen molar-refractivity contribution in [2.45, 2.75) is 40.0 Å². The van der Waals surface area contributed by atoms with Gasteiger partial charge in [-0.3, -0.25) is 14.0 Å². The number of aliphatic carboxylic acids is 1. The second kappa shape index (κ2) is 7.26. The molecule has 0 spiro atoms. The lowest BCUT2D eigenvalue weighted by molar-refractivity contribution is -0.138. The Kier molecular flexibility index (Phi) is 5.36. The van der Waals surface area contributed by atoms with Crippen molar-refractivity contribution in [3.05, 3.63) is 29.7 Å². The Labute approximate surface area is 135 Å². The molecule has 2 aromatic rings. The molecule has 2 rings (SSSR count). The normalized spacial score (nSPS) is 12.3. The van der Waals surface area contributed by atoms with Crippen LogP contribution in [0.1, 0.15) is 49.3 Å². The highest BCUT2D eigenvalue weighted by Gasteiger charge is 2.22. The van der Waals surface area contributed by atoms with Gasteiger partial charge in [0.05, 0.1) is 12.3 Å². The number of ether oxygens (including phenoxy) is 1. The highest BCUT2D eigenvalue weighted by atomic mass is 16.5. The summed E-state index contributed by atoms with van der Waals surface area (Å²) >= 11 is 0. The summed E-state index contributed by atoms with van der Waals surface area (Å²) in [6, 6.07) is 3.63. The summed E-state index contributed by atoms with van der Waals surface area (Å²) in [5, 5.41) is 8.93. The van der Waals surface area contributed by atoms with Crippen molar-refractivity contribution in [2.24, 2.45) is 5.92 Å². The minimum Gasteiger partial charge on any atom is -0.490 e. The third-order valence-electron chi connectivity index (χ3n) is 3.87. The molecule has 6 heteroatoms. The van der Waals surface area contributed by atoms with Gasteiger partial charge in [0.1, 0.15) is 5.69 Å². The summed E-state index contributed by atoms with van der Waals surface area (Å²) in [6.45, 7) is 6.10. The topological polar surface area (TPSA) is 80.9 Å². The Morgan fingerprint density at radius 3 is 2.70 bits per heavy atom. The second-order valence-electron chi connectivity index (χ2n) is 5.54. The van der Waals surface area contributed by atoms with E-state index in [2.05, 4.69) is 4.98 Å². The molecule has 0 aliphatic heterocycles. The Hall–Kier alpha value is -2.37. The third-order valence-corrected chi connectivity index (χ3v) is 3.87. The number of carbonyl (C=O) groups excluding carboxylic acids is 1. The van der Waals surface area contributed by atoms with E-state index in [0.29, 0.717) is 35.8 Å². The lowest BCUT2D eigenvalue weighted by Crippen LogP contribution is -2.14. The van der Waals surface area contributed by atoms with Gasteiger partial charge in [-0.2, -0.15) is 0 Å². The fraction of sp³-hybridized carbons (Fsp3) is 0.471. The van der Waals surface area contributed by atoms with E-state index in [1.54, 1.807) is 17.5 Å². The fourth-order valence-corrected chi connectivity index (χ4v) is 2.73. The summed E-state index contributed by atoms with van der Waals surface area (Å²) in [4.78, 5) is 28.0. The molecule has 0 saturated carbocycles. The number of hydrogen-bond acceptors (Lipinski definition) is 4. The summed E-state index contributed by atoms with van der Waals surface area (Å²) in [5.41, 5.74) is 1.75. The fourth-order valence-electron chi connectivity index (χ4n) is 2.73. The molecule has 0 bridgehead atoms. The Balaban J connectivity index is 2.35. The van der Waals surface area contributed by atoms with Gasteiger partial charge in [0.2, 0.25) is 0 Å². The van der Waals surface area contributed by atoms with Crippen molar-refractivity contribution in [1.29, 1.82) is 0 Å². The van der Waals surface area contributed by atoms with Crippen LogP contribution in [0.2, 0.25) is 0 Å². The van der Waals surface area contributed by atoms with Crippen LogP contribution in [-0.2, 0) is 4.79 Å². The number of nitrogens with zero attached hydrogens (tertiary/aromatic N) is 2. The first-order valence-electron chi connectivity index (χ1n) is 7.83. The molecule has 0 saturated heterocycles. The number of aromatic nitrogens is 2. The van der Waals surface area contributed by atoms with Crippen LogP contribution in [0.25, 0.3) is 5.65 Å². The van der Waals surface area contributed by atoms with E-state index in [0.717, 1.165) is 0 Å². The van der Waals surface area contributed by atoms with Crippen LogP contribution in [0.4, 0.5) is 0 Å².